The number of carbonyl (C=O) groups is 1. The van der Waals surface area contributed by atoms with E-state index >= 15 is 0 Å². The van der Waals surface area contributed by atoms with Crippen molar-refractivity contribution in [2.45, 2.75) is 6.54 Å². The first-order chi connectivity index (χ1) is 10.1. The van der Waals surface area contributed by atoms with E-state index in [0.29, 0.717) is 5.69 Å². The molecule has 0 atom stereocenters. The van der Waals surface area contributed by atoms with Gasteiger partial charge in [-0.2, -0.15) is 0 Å². The van der Waals surface area contributed by atoms with Gasteiger partial charge in [0.2, 0.25) is 0 Å². The molecule has 1 amide bonds. The summed E-state index contributed by atoms with van der Waals surface area (Å²) in [6, 6.07) is 9.22. The highest BCUT2D eigenvalue weighted by molar-refractivity contribution is 5.97. The van der Waals surface area contributed by atoms with Crippen LogP contribution < -0.4 is 10.1 Å². The number of pyridine rings is 1. The van der Waals surface area contributed by atoms with Crippen molar-refractivity contribution < 1.29 is 14.5 Å². The fourth-order valence-corrected chi connectivity index (χ4v) is 1.76. The minimum Gasteiger partial charge on any atom is -0.496 e. The largest absolute Gasteiger partial charge is 0.496 e. The summed E-state index contributed by atoms with van der Waals surface area (Å²) in [4.78, 5) is 26.4. The molecule has 21 heavy (non-hydrogen) atoms. The topological polar surface area (TPSA) is 94.4 Å². The first kappa shape index (κ1) is 14.4. The van der Waals surface area contributed by atoms with Gasteiger partial charge in [0.1, 0.15) is 5.75 Å². The number of hydrogen-bond donors (Lipinski definition) is 1. The number of nitrogens with zero attached hydrogens (tertiary/aromatic N) is 2. The molecule has 2 aromatic rings. The van der Waals surface area contributed by atoms with Crippen molar-refractivity contribution >= 4 is 11.6 Å². The van der Waals surface area contributed by atoms with Crippen molar-refractivity contribution in [3.63, 3.8) is 0 Å². The zero-order valence-corrected chi connectivity index (χ0v) is 11.3. The molecule has 1 aromatic carbocycles. The van der Waals surface area contributed by atoms with Gasteiger partial charge in [0.25, 0.3) is 11.6 Å². The highest BCUT2D eigenvalue weighted by atomic mass is 16.6. The number of benzene rings is 1. The summed E-state index contributed by atoms with van der Waals surface area (Å²) in [5, 5.41) is 13.4. The third-order valence-electron chi connectivity index (χ3n) is 2.79. The lowest BCUT2D eigenvalue weighted by Gasteiger charge is -2.09. The minimum atomic E-state index is -0.561. The average Bonchev–Trinajstić information content (AvgIpc) is 2.52. The van der Waals surface area contributed by atoms with Gasteiger partial charge < -0.3 is 10.1 Å². The third-order valence-corrected chi connectivity index (χ3v) is 2.79. The van der Waals surface area contributed by atoms with Crippen molar-refractivity contribution in [2.24, 2.45) is 0 Å². The Balaban J connectivity index is 2.17. The number of ether oxygens (including phenoxy) is 1. The van der Waals surface area contributed by atoms with Crippen LogP contribution in [0.5, 0.6) is 5.75 Å². The quantitative estimate of drug-likeness (QED) is 0.669. The number of amides is 1. The summed E-state index contributed by atoms with van der Waals surface area (Å²) in [7, 11) is 1.40. The molecular weight excluding hydrogens is 274 g/mol. The molecule has 1 aromatic heterocycles. The van der Waals surface area contributed by atoms with E-state index < -0.39 is 10.8 Å². The highest BCUT2D eigenvalue weighted by Crippen LogP contribution is 2.23. The minimum absolute atomic E-state index is 0.114. The van der Waals surface area contributed by atoms with Crippen LogP contribution in [0, 0.1) is 10.1 Å². The molecule has 0 saturated heterocycles. The van der Waals surface area contributed by atoms with Gasteiger partial charge >= 0.3 is 0 Å². The second-order valence-corrected chi connectivity index (χ2v) is 4.15. The maximum absolute atomic E-state index is 12.1. The lowest BCUT2D eigenvalue weighted by Crippen LogP contribution is -2.23. The van der Waals surface area contributed by atoms with Gasteiger partial charge in [0, 0.05) is 18.3 Å². The van der Waals surface area contributed by atoms with Crippen LogP contribution in [0.1, 0.15) is 16.1 Å². The Kier molecular flexibility index (Phi) is 4.45. The van der Waals surface area contributed by atoms with Gasteiger partial charge in [0.05, 0.1) is 29.8 Å². The van der Waals surface area contributed by atoms with E-state index in [-0.39, 0.29) is 23.5 Å². The Morgan fingerprint density at radius 1 is 1.38 bits per heavy atom. The Morgan fingerprint density at radius 3 is 2.81 bits per heavy atom. The van der Waals surface area contributed by atoms with Gasteiger partial charge in [0.15, 0.2) is 0 Å². The van der Waals surface area contributed by atoms with Crippen LogP contribution in [0.2, 0.25) is 0 Å². The number of aromatic nitrogens is 1. The molecule has 0 aliphatic rings. The predicted octanol–water partition coefficient (Wildman–Crippen LogP) is 1.93. The van der Waals surface area contributed by atoms with Crippen molar-refractivity contribution in [1.82, 2.24) is 10.3 Å². The molecule has 0 bridgehead atoms. The number of carbonyl (C=O) groups excluding carboxylic acids is 1. The summed E-state index contributed by atoms with van der Waals surface area (Å²) in [6.07, 6.45) is 1.62. The molecule has 0 fully saturated rings. The molecule has 1 N–H and O–H groups in total. The van der Waals surface area contributed by atoms with Crippen LogP contribution >= 0.6 is 0 Å². The first-order valence-electron chi connectivity index (χ1n) is 6.12. The summed E-state index contributed by atoms with van der Waals surface area (Å²) < 4.78 is 5.05. The van der Waals surface area contributed by atoms with Gasteiger partial charge in [-0.3, -0.25) is 19.9 Å². The number of non-ortho nitro benzene ring substituents is 1. The molecule has 7 nitrogen and oxygen atoms in total. The SMILES string of the molecule is COc1ccc([N+](=O)[O-])cc1C(=O)NCc1ccccn1. The molecule has 2 rings (SSSR count). The van der Waals surface area contributed by atoms with Crippen molar-refractivity contribution in [2.75, 3.05) is 7.11 Å². The molecule has 0 aliphatic carbocycles. The fraction of sp³-hybridized carbons (Fsp3) is 0.143. The van der Waals surface area contributed by atoms with E-state index in [9.17, 15) is 14.9 Å². The number of nitrogens with one attached hydrogen (secondary N) is 1. The highest BCUT2D eigenvalue weighted by Gasteiger charge is 2.17. The number of nitro benzene ring substituents is 1. The lowest BCUT2D eigenvalue weighted by atomic mass is 10.1. The number of methoxy groups -OCH3 is 1. The van der Waals surface area contributed by atoms with Crippen molar-refractivity contribution in [1.29, 1.82) is 0 Å². The Morgan fingerprint density at radius 2 is 2.19 bits per heavy atom. The summed E-state index contributed by atoms with van der Waals surface area (Å²) in [5.41, 5.74) is 0.636. The van der Waals surface area contributed by atoms with E-state index in [1.165, 1.54) is 25.3 Å². The molecule has 0 radical (unpaired) electrons. The molecule has 0 unspecified atom stereocenters. The van der Waals surface area contributed by atoms with E-state index in [1.807, 2.05) is 6.07 Å². The van der Waals surface area contributed by atoms with Crippen LogP contribution in [0.25, 0.3) is 0 Å². The van der Waals surface area contributed by atoms with Crippen LogP contribution in [0.3, 0.4) is 0 Å². The molecule has 7 heteroatoms. The van der Waals surface area contributed by atoms with Gasteiger partial charge in [-0.25, -0.2) is 0 Å². The normalized spacial score (nSPS) is 9.95. The van der Waals surface area contributed by atoms with Crippen LogP contribution in [-0.2, 0) is 6.54 Å². The average molecular weight is 287 g/mol. The van der Waals surface area contributed by atoms with Crippen LogP contribution in [0.4, 0.5) is 5.69 Å². The monoisotopic (exact) mass is 287 g/mol. The Bertz CT molecular complexity index is 659. The maximum Gasteiger partial charge on any atom is 0.270 e. The summed E-state index contributed by atoms with van der Waals surface area (Å²) in [5.74, 6) is -0.180. The second kappa shape index (κ2) is 6.47. The first-order valence-corrected chi connectivity index (χ1v) is 6.12. The number of hydrogen-bond acceptors (Lipinski definition) is 5. The Labute approximate surface area is 120 Å². The fourth-order valence-electron chi connectivity index (χ4n) is 1.76. The molecule has 1 heterocycles. The summed E-state index contributed by atoms with van der Waals surface area (Å²) >= 11 is 0. The molecule has 108 valence electrons. The lowest BCUT2D eigenvalue weighted by molar-refractivity contribution is -0.384. The second-order valence-electron chi connectivity index (χ2n) is 4.15. The zero-order valence-electron chi connectivity index (χ0n) is 11.3. The third kappa shape index (κ3) is 3.53. The van der Waals surface area contributed by atoms with E-state index in [2.05, 4.69) is 10.3 Å². The van der Waals surface area contributed by atoms with Gasteiger partial charge in [-0.05, 0) is 18.2 Å². The molecule has 0 spiro atoms. The Hall–Kier alpha value is -2.96. The van der Waals surface area contributed by atoms with Gasteiger partial charge in [-0.1, -0.05) is 6.07 Å². The zero-order chi connectivity index (χ0) is 15.2. The molecule has 0 saturated carbocycles. The van der Waals surface area contributed by atoms with Crippen LogP contribution in [0.15, 0.2) is 42.6 Å². The summed E-state index contributed by atoms with van der Waals surface area (Å²) in [6.45, 7) is 0.228. The van der Waals surface area contributed by atoms with Crippen molar-refractivity contribution in [3.8, 4) is 5.75 Å². The van der Waals surface area contributed by atoms with Gasteiger partial charge in [-0.15, -0.1) is 0 Å². The van der Waals surface area contributed by atoms with E-state index in [4.69, 9.17) is 4.74 Å². The van der Waals surface area contributed by atoms with E-state index in [0.717, 1.165) is 0 Å². The number of nitro groups is 1. The standard InChI is InChI=1S/C14H13N3O4/c1-21-13-6-5-11(17(19)20)8-12(13)14(18)16-9-10-4-2-3-7-15-10/h2-8H,9H2,1H3,(H,16,18). The predicted molar refractivity (Wildman–Crippen MR) is 75.1 cm³/mol. The van der Waals surface area contributed by atoms with Crippen molar-refractivity contribution in [3.05, 3.63) is 64.0 Å². The van der Waals surface area contributed by atoms with E-state index in [1.54, 1.807) is 18.3 Å². The van der Waals surface area contributed by atoms with Crippen LogP contribution in [-0.4, -0.2) is 22.9 Å². The smallest absolute Gasteiger partial charge is 0.270 e. The number of rotatable bonds is 5. The molecule has 0 aliphatic heterocycles. The maximum atomic E-state index is 12.1. The molecular formula is C14H13N3O4.